The highest BCUT2D eigenvalue weighted by Crippen LogP contribution is 2.25. The summed E-state index contributed by atoms with van der Waals surface area (Å²) < 4.78 is 10.5. The third kappa shape index (κ3) is 3.66. The summed E-state index contributed by atoms with van der Waals surface area (Å²) in [5.41, 5.74) is 6.49. The topological polar surface area (TPSA) is 61.5 Å². The number of anilines is 1. The summed E-state index contributed by atoms with van der Waals surface area (Å²) in [5, 5.41) is 0. The standard InChI is InChI=1S/C13H19NO3/c1-3-5-9-17-13(15)12-10(14)7-6-8-11(12)16-4-2/h6-8H,3-5,9,14H2,1-2H3. The molecule has 4 heteroatoms. The first-order valence-electron chi connectivity index (χ1n) is 5.89. The van der Waals surface area contributed by atoms with Crippen molar-refractivity contribution >= 4 is 11.7 Å². The van der Waals surface area contributed by atoms with Crippen LogP contribution < -0.4 is 10.5 Å². The van der Waals surface area contributed by atoms with E-state index in [1.54, 1.807) is 18.2 Å². The average molecular weight is 237 g/mol. The summed E-state index contributed by atoms with van der Waals surface area (Å²) >= 11 is 0. The molecule has 0 aliphatic heterocycles. The maximum atomic E-state index is 11.9. The van der Waals surface area contributed by atoms with Crippen molar-refractivity contribution in [1.82, 2.24) is 0 Å². The van der Waals surface area contributed by atoms with Gasteiger partial charge < -0.3 is 15.2 Å². The number of nitrogens with two attached hydrogens (primary N) is 1. The molecule has 94 valence electrons. The molecule has 1 aromatic carbocycles. The van der Waals surface area contributed by atoms with Gasteiger partial charge >= 0.3 is 5.97 Å². The predicted molar refractivity (Wildman–Crippen MR) is 67.2 cm³/mol. The van der Waals surface area contributed by atoms with Crippen molar-refractivity contribution in [1.29, 1.82) is 0 Å². The minimum atomic E-state index is -0.417. The fraction of sp³-hybridized carbons (Fsp3) is 0.462. The van der Waals surface area contributed by atoms with Crippen molar-refractivity contribution in [3.63, 3.8) is 0 Å². The summed E-state index contributed by atoms with van der Waals surface area (Å²) in [5.74, 6) is 0.0639. The monoisotopic (exact) mass is 237 g/mol. The van der Waals surface area contributed by atoms with E-state index in [1.165, 1.54) is 0 Å². The molecule has 0 saturated carbocycles. The van der Waals surface area contributed by atoms with Gasteiger partial charge in [-0.05, 0) is 25.5 Å². The van der Waals surface area contributed by atoms with Crippen LogP contribution in [-0.4, -0.2) is 19.2 Å². The molecule has 1 aromatic rings. The van der Waals surface area contributed by atoms with Crippen LogP contribution in [0, 0.1) is 0 Å². The van der Waals surface area contributed by atoms with Crippen LogP contribution >= 0.6 is 0 Å². The van der Waals surface area contributed by atoms with Crippen molar-refractivity contribution in [2.45, 2.75) is 26.7 Å². The second-order valence-corrected chi connectivity index (χ2v) is 3.64. The number of esters is 1. The van der Waals surface area contributed by atoms with E-state index in [1.807, 2.05) is 13.8 Å². The summed E-state index contributed by atoms with van der Waals surface area (Å²) in [6.45, 7) is 4.79. The molecule has 0 heterocycles. The van der Waals surface area contributed by atoms with Crippen molar-refractivity contribution in [3.8, 4) is 5.75 Å². The van der Waals surface area contributed by atoms with Crippen molar-refractivity contribution in [2.24, 2.45) is 0 Å². The van der Waals surface area contributed by atoms with Crippen molar-refractivity contribution in [2.75, 3.05) is 18.9 Å². The van der Waals surface area contributed by atoms with Crippen LogP contribution in [0.2, 0.25) is 0 Å². The molecule has 0 spiro atoms. The second kappa shape index (κ2) is 6.78. The molecular formula is C13H19NO3. The number of hydrogen-bond acceptors (Lipinski definition) is 4. The molecule has 0 aromatic heterocycles. The summed E-state index contributed by atoms with van der Waals surface area (Å²) in [7, 11) is 0. The van der Waals surface area contributed by atoms with Gasteiger partial charge in [-0.15, -0.1) is 0 Å². The van der Waals surface area contributed by atoms with Gasteiger partial charge in [0.1, 0.15) is 11.3 Å². The first kappa shape index (κ1) is 13.4. The van der Waals surface area contributed by atoms with Gasteiger partial charge in [-0.3, -0.25) is 0 Å². The molecular weight excluding hydrogens is 218 g/mol. The van der Waals surface area contributed by atoms with E-state index in [9.17, 15) is 4.79 Å². The number of carbonyl (C=O) groups is 1. The zero-order chi connectivity index (χ0) is 12.7. The minimum absolute atomic E-state index is 0.324. The number of ether oxygens (including phenoxy) is 2. The molecule has 17 heavy (non-hydrogen) atoms. The lowest BCUT2D eigenvalue weighted by Gasteiger charge is -2.11. The van der Waals surface area contributed by atoms with Gasteiger partial charge in [0.25, 0.3) is 0 Å². The molecule has 0 fully saturated rings. The van der Waals surface area contributed by atoms with Crippen LogP contribution in [0.1, 0.15) is 37.0 Å². The lowest BCUT2D eigenvalue weighted by atomic mass is 10.1. The Bertz CT molecular complexity index is 377. The largest absolute Gasteiger partial charge is 0.493 e. The van der Waals surface area contributed by atoms with Crippen molar-refractivity contribution in [3.05, 3.63) is 23.8 Å². The van der Waals surface area contributed by atoms with Crippen LogP contribution in [0.3, 0.4) is 0 Å². The Hall–Kier alpha value is -1.71. The first-order valence-corrected chi connectivity index (χ1v) is 5.89. The Morgan fingerprint density at radius 3 is 2.76 bits per heavy atom. The van der Waals surface area contributed by atoms with Crippen LogP contribution in [-0.2, 0) is 4.74 Å². The Kier molecular flexibility index (Phi) is 5.33. The van der Waals surface area contributed by atoms with E-state index in [2.05, 4.69) is 0 Å². The van der Waals surface area contributed by atoms with Crippen molar-refractivity contribution < 1.29 is 14.3 Å². The van der Waals surface area contributed by atoms with Crippen LogP contribution in [0.5, 0.6) is 5.75 Å². The number of carbonyl (C=O) groups excluding carboxylic acids is 1. The molecule has 2 N–H and O–H groups in total. The summed E-state index contributed by atoms with van der Waals surface area (Å²) in [6.07, 6.45) is 1.83. The minimum Gasteiger partial charge on any atom is -0.493 e. The molecule has 0 radical (unpaired) electrons. The summed E-state index contributed by atoms with van der Waals surface area (Å²) in [4.78, 5) is 11.9. The fourth-order valence-electron chi connectivity index (χ4n) is 1.42. The number of rotatable bonds is 6. The van der Waals surface area contributed by atoms with E-state index in [0.717, 1.165) is 12.8 Å². The van der Waals surface area contributed by atoms with Crippen LogP contribution in [0.25, 0.3) is 0 Å². The van der Waals surface area contributed by atoms with Crippen LogP contribution in [0.15, 0.2) is 18.2 Å². The summed E-state index contributed by atoms with van der Waals surface area (Å²) in [6, 6.07) is 5.14. The fourth-order valence-corrected chi connectivity index (χ4v) is 1.42. The molecule has 0 saturated heterocycles. The average Bonchev–Trinajstić information content (AvgIpc) is 2.30. The lowest BCUT2D eigenvalue weighted by molar-refractivity contribution is 0.0496. The molecule has 0 aliphatic rings. The maximum Gasteiger partial charge on any atom is 0.344 e. The third-order valence-electron chi connectivity index (χ3n) is 2.29. The number of unbranched alkanes of at least 4 members (excludes halogenated alkanes) is 1. The molecule has 1 rings (SSSR count). The first-order chi connectivity index (χ1) is 8.20. The van der Waals surface area contributed by atoms with Gasteiger partial charge in [0.2, 0.25) is 0 Å². The Balaban J connectivity index is 2.83. The maximum absolute atomic E-state index is 11.9. The molecule has 4 nitrogen and oxygen atoms in total. The van der Waals surface area contributed by atoms with E-state index in [-0.39, 0.29) is 0 Å². The Morgan fingerprint density at radius 1 is 1.35 bits per heavy atom. The van der Waals surface area contributed by atoms with E-state index in [0.29, 0.717) is 30.2 Å². The number of hydrogen-bond donors (Lipinski definition) is 1. The van der Waals surface area contributed by atoms with Gasteiger partial charge in [0.15, 0.2) is 0 Å². The zero-order valence-corrected chi connectivity index (χ0v) is 10.4. The molecule has 0 unspecified atom stereocenters. The van der Waals surface area contributed by atoms with Gasteiger partial charge in [0.05, 0.1) is 13.2 Å². The van der Waals surface area contributed by atoms with Gasteiger partial charge in [0, 0.05) is 5.69 Å². The molecule has 0 bridgehead atoms. The van der Waals surface area contributed by atoms with E-state index >= 15 is 0 Å². The smallest absolute Gasteiger partial charge is 0.344 e. The normalized spacial score (nSPS) is 10.0. The lowest BCUT2D eigenvalue weighted by Crippen LogP contribution is -2.11. The predicted octanol–water partition coefficient (Wildman–Crippen LogP) is 2.62. The molecule has 0 atom stereocenters. The highest BCUT2D eigenvalue weighted by atomic mass is 16.5. The Labute approximate surface area is 102 Å². The molecule has 0 amide bonds. The number of benzene rings is 1. The van der Waals surface area contributed by atoms with Gasteiger partial charge in [-0.2, -0.15) is 0 Å². The van der Waals surface area contributed by atoms with E-state index < -0.39 is 5.97 Å². The van der Waals surface area contributed by atoms with Gasteiger partial charge in [-0.25, -0.2) is 4.79 Å². The third-order valence-corrected chi connectivity index (χ3v) is 2.29. The second-order valence-electron chi connectivity index (χ2n) is 3.64. The zero-order valence-electron chi connectivity index (χ0n) is 10.4. The van der Waals surface area contributed by atoms with Crippen LogP contribution in [0.4, 0.5) is 5.69 Å². The molecule has 0 aliphatic carbocycles. The highest BCUT2D eigenvalue weighted by molar-refractivity contribution is 5.98. The van der Waals surface area contributed by atoms with Gasteiger partial charge in [-0.1, -0.05) is 19.4 Å². The SMILES string of the molecule is CCCCOC(=O)c1c(N)cccc1OCC. The highest BCUT2D eigenvalue weighted by Gasteiger charge is 2.17. The van der Waals surface area contributed by atoms with E-state index in [4.69, 9.17) is 15.2 Å². The number of nitrogen functional groups attached to an aromatic ring is 1. The quantitative estimate of drug-likeness (QED) is 0.469. The Morgan fingerprint density at radius 2 is 2.12 bits per heavy atom.